The molecule has 0 aliphatic rings. The lowest BCUT2D eigenvalue weighted by Crippen LogP contribution is -2.19. The zero-order valence-electron chi connectivity index (χ0n) is 11.4. The van der Waals surface area contributed by atoms with Gasteiger partial charge in [0.2, 0.25) is 11.7 Å². The average Bonchev–Trinajstić information content (AvgIpc) is 2.74. The van der Waals surface area contributed by atoms with E-state index >= 15 is 0 Å². The van der Waals surface area contributed by atoms with E-state index in [9.17, 15) is 4.79 Å². The van der Waals surface area contributed by atoms with Crippen molar-refractivity contribution in [2.45, 2.75) is 26.7 Å². The lowest BCUT2D eigenvalue weighted by atomic mass is 9.86. The van der Waals surface area contributed by atoms with E-state index < -0.39 is 11.4 Å². The predicted molar refractivity (Wildman–Crippen MR) is 77.3 cm³/mol. The Hall–Kier alpha value is -1.66. The van der Waals surface area contributed by atoms with Gasteiger partial charge < -0.3 is 9.63 Å². The first kappa shape index (κ1) is 15.7. The number of aliphatic carboxylic acids is 1. The van der Waals surface area contributed by atoms with Crippen molar-refractivity contribution in [3.63, 3.8) is 0 Å². The molecule has 2 heterocycles. The molecule has 0 spiro atoms. The summed E-state index contributed by atoms with van der Waals surface area (Å²) >= 11 is 11.8. The zero-order valence-corrected chi connectivity index (χ0v) is 12.9. The topological polar surface area (TPSA) is 89.1 Å². The second-order valence-electron chi connectivity index (χ2n) is 5.41. The first-order chi connectivity index (χ1) is 9.77. The molecule has 21 heavy (non-hydrogen) atoms. The summed E-state index contributed by atoms with van der Waals surface area (Å²) in [5, 5.41) is 13.4. The number of nitrogens with zero attached hydrogens (tertiary/aromatic N) is 3. The van der Waals surface area contributed by atoms with Gasteiger partial charge in [-0.3, -0.25) is 4.79 Å². The molecule has 0 amide bonds. The first-order valence-corrected chi connectivity index (χ1v) is 6.88. The second-order valence-corrected chi connectivity index (χ2v) is 6.25. The molecule has 0 aliphatic carbocycles. The Labute approximate surface area is 131 Å². The van der Waals surface area contributed by atoms with Gasteiger partial charge in [0, 0.05) is 12.6 Å². The maximum Gasteiger partial charge on any atom is 0.303 e. The predicted octanol–water partition coefficient (Wildman–Crippen LogP) is 3.48. The number of carbonyl (C=O) groups is 1. The molecule has 0 bridgehead atoms. The van der Waals surface area contributed by atoms with Gasteiger partial charge in [-0.1, -0.05) is 42.2 Å². The van der Waals surface area contributed by atoms with Gasteiger partial charge in [-0.15, -0.1) is 0 Å². The molecule has 0 fully saturated rings. The molecule has 0 radical (unpaired) electrons. The molecule has 0 aromatic carbocycles. The Balaban J connectivity index is 2.20. The minimum absolute atomic E-state index is 0.00463. The van der Waals surface area contributed by atoms with Crippen LogP contribution in [0, 0.1) is 5.41 Å². The lowest BCUT2D eigenvalue weighted by Gasteiger charge is -2.19. The highest BCUT2D eigenvalue weighted by atomic mass is 35.5. The van der Waals surface area contributed by atoms with Crippen LogP contribution in [0.15, 0.2) is 16.8 Å². The molecular weight excluding hydrogens is 317 g/mol. The normalized spacial score (nSPS) is 11.6. The molecule has 2 rings (SSSR count). The van der Waals surface area contributed by atoms with Crippen LogP contribution in [0.2, 0.25) is 10.0 Å². The van der Waals surface area contributed by atoms with Crippen LogP contribution in [0.5, 0.6) is 0 Å². The Morgan fingerprint density at radius 3 is 2.76 bits per heavy atom. The molecule has 0 aliphatic heterocycles. The van der Waals surface area contributed by atoms with Crippen LogP contribution in [0.1, 0.15) is 26.2 Å². The van der Waals surface area contributed by atoms with Crippen molar-refractivity contribution in [2.75, 3.05) is 0 Å². The summed E-state index contributed by atoms with van der Waals surface area (Å²) in [6.07, 6.45) is 1.79. The molecular formula is C13H13Cl2N3O3. The molecule has 112 valence electrons. The van der Waals surface area contributed by atoms with Gasteiger partial charge in [-0.25, -0.2) is 4.98 Å². The summed E-state index contributed by atoms with van der Waals surface area (Å²) in [7, 11) is 0. The van der Waals surface area contributed by atoms with Crippen LogP contribution in [-0.4, -0.2) is 26.2 Å². The zero-order chi connectivity index (χ0) is 15.6. The number of rotatable bonds is 5. The van der Waals surface area contributed by atoms with Crippen LogP contribution in [-0.2, 0) is 11.2 Å². The Morgan fingerprint density at radius 1 is 1.43 bits per heavy atom. The third kappa shape index (κ3) is 4.15. The molecule has 2 aromatic rings. The average molecular weight is 330 g/mol. The summed E-state index contributed by atoms with van der Waals surface area (Å²) in [6, 6.07) is 1.54. The van der Waals surface area contributed by atoms with Crippen molar-refractivity contribution in [1.29, 1.82) is 0 Å². The van der Waals surface area contributed by atoms with Crippen LogP contribution >= 0.6 is 23.2 Å². The van der Waals surface area contributed by atoms with Crippen molar-refractivity contribution in [3.05, 3.63) is 28.2 Å². The molecule has 8 heteroatoms. The van der Waals surface area contributed by atoms with E-state index in [0.29, 0.717) is 28.1 Å². The number of halogens is 2. The summed E-state index contributed by atoms with van der Waals surface area (Å²) in [5.74, 6) is -0.288. The molecule has 6 nitrogen and oxygen atoms in total. The summed E-state index contributed by atoms with van der Waals surface area (Å²) in [4.78, 5) is 19.1. The number of carboxylic acid groups (broad SMARTS) is 1. The largest absolute Gasteiger partial charge is 0.481 e. The summed E-state index contributed by atoms with van der Waals surface area (Å²) in [6.45, 7) is 3.64. The number of hydrogen-bond donors (Lipinski definition) is 1. The highest BCUT2D eigenvalue weighted by Gasteiger charge is 2.26. The fourth-order valence-corrected chi connectivity index (χ4v) is 2.35. The van der Waals surface area contributed by atoms with Crippen LogP contribution in [0.3, 0.4) is 0 Å². The Bertz CT molecular complexity index is 670. The van der Waals surface area contributed by atoms with Crippen molar-refractivity contribution in [1.82, 2.24) is 15.1 Å². The Kier molecular flexibility index (Phi) is 4.49. The van der Waals surface area contributed by atoms with E-state index in [1.54, 1.807) is 0 Å². The first-order valence-electron chi connectivity index (χ1n) is 6.13. The number of hydrogen-bond acceptors (Lipinski definition) is 5. The van der Waals surface area contributed by atoms with Gasteiger partial charge in [-0.05, 0) is 11.5 Å². The van der Waals surface area contributed by atoms with Crippen molar-refractivity contribution in [2.24, 2.45) is 5.41 Å². The SMILES string of the molecule is CC(C)(CC(=O)O)Cc1nc(-c2ncc(Cl)cc2Cl)no1. The van der Waals surface area contributed by atoms with Crippen molar-refractivity contribution in [3.8, 4) is 11.5 Å². The fraction of sp³-hybridized carbons (Fsp3) is 0.385. The number of pyridine rings is 1. The van der Waals surface area contributed by atoms with Gasteiger partial charge in [0.1, 0.15) is 5.69 Å². The van der Waals surface area contributed by atoms with E-state index in [2.05, 4.69) is 15.1 Å². The smallest absolute Gasteiger partial charge is 0.303 e. The van der Waals surface area contributed by atoms with Gasteiger partial charge in [0.25, 0.3) is 0 Å². The molecule has 1 N–H and O–H groups in total. The fourth-order valence-electron chi connectivity index (χ4n) is 1.88. The molecule has 0 saturated carbocycles. The third-order valence-corrected chi connectivity index (χ3v) is 3.24. The highest BCUT2D eigenvalue weighted by molar-refractivity contribution is 6.35. The summed E-state index contributed by atoms with van der Waals surface area (Å²) < 4.78 is 5.14. The van der Waals surface area contributed by atoms with E-state index in [1.165, 1.54) is 12.3 Å². The second kappa shape index (κ2) is 5.99. The van der Waals surface area contributed by atoms with Crippen molar-refractivity contribution < 1.29 is 14.4 Å². The molecule has 0 unspecified atom stereocenters. The maximum absolute atomic E-state index is 10.8. The molecule has 2 aromatic heterocycles. The lowest BCUT2D eigenvalue weighted by molar-refractivity contribution is -0.139. The highest BCUT2D eigenvalue weighted by Crippen LogP contribution is 2.28. The minimum Gasteiger partial charge on any atom is -0.481 e. The quantitative estimate of drug-likeness (QED) is 0.903. The number of aromatic nitrogens is 3. The van der Waals surface area contributed by atoms with Gasteiger partial charge in [0.15, 0.2) is 0 Å². The van der Waals surface area contributed by atoms with Gasteiger partial charge in [0.05, 0.1) is 16.5 Å². The number of carboxylic acids is 1. The van der Waals surface area contributed by atoms with E-state index in [1.807, 2.05) is 13.8 Å². The monoisotopic (exact) mass is 329 g/mol. The molecule has 0 atom stereocenters. The van der Waals surface area contributed by atoms with Crippen LogP contribution in [0.4, 0.5) is 0 Å². The van der Waals surface area contributed by atoms with Gasteiger partial charge in [-0.2, -0.15) is 4.98 Å². The summed E-state index contributed by atoms with van der Waals surface area (Å²) in [5.41, 5.74) is -0.126. The van der Waals surface area contributed by atoms with E-state index in [-0.39, 0.29) is 12.2 Å². The van der Waals surface area contributed by atoms with E-state index in [0.717, 1.165) is 0 Å². The third-order valence-electron chi connectivity index (χ3n) is 2.75. The van der Waals surface area contributed by atoms with Crippen molar-refractivity contribution >= 4 is 29.2 Å². The van der Waals surface area contributed by atoms with Crippen LogP contribution < -0.4 is 0 Å². The van der Waals surface area contributed by atoms with Crippen LogP contribution in [0.25, 0.3) is 11.5 Å². The van der Waals surface area contributed by atoms with Gasteiger partial charge >= 0.3 is 5.97 Å². The minimum atomic E-state index is -0.873. The maximum atomic E-state index is 10.8. The standard InChI is InChI=1S/C13H13Cl2N3O3/c1-13(2,5-10(19)20)4-9-17-12(18-21-9)11-8(15)3-7(14)6-16-11/h3,6H,4-5H2,1-2H3,(H,19,20). The van der Waals surface area contributed by atoms with E-state index in [4.69, 9.17) is 32.8 Å². The Morgan fingerprint density at radius 2 is 2.14 bits per heavy atom. The molecule has 0 saturated heterocycles.